The number of aliphatic hydroxyl groups is 1. The fourth-order valence-corrected chi connectivity index (χ4v) is 3.64. The van der Waals surface area contributed by atoms with Crippen LogP contribution in [0.15, 0.2) is 83.4 Å². The molecule has 29 heavy (non-hydrogen) atoms. The summed E-state index contributed by atoms with van der Waals surface area (Å²) in [4.78, 5) is 35.4. The fraction of sp³-hybridized carbons (Fsp3) is 0.0909. The van der Waals surface area contributed by atoms with Crippen LogP contribution in [0.4, 0.5) is 0 Å². The largest absolute Gasteiger partial charge is 0.507 e. The van der Waals surface area contributed by atoms with E-state index in [4.69, 9.17) is 0 Å². The molecule has 1 saturated heterocycles. The first-order valence-electron chi connectivity index (χ1n) is 8.89. The molecule has 1 aliphatic heterocycles. The third-order valence-corrected chi connectivity index (χ3v) is 5.26. The molecule has 0 spiro atoms. The van der Waals surface area contributed by atoms with Crippen LogP contribution in [0, 0.1) is 0 Å². The van der Waals surface area contributed by atoms with Gasteiger partial charge in [0.15, 0.2) is 0 Å². The van der Waals surface area contributed by atoms with E-state index in [0.717, 1.165) is 10.0 Å². The van der Waals surface area contributed by atoms with Gasteiger partial charge in [-0.3, -0.25) is 19.6 Å². The number of likely N-dealkylation sites (tertiary alicyclic amines) is 1. The number of hydrogen-bond donors (Lipinski definition) is 1. The molecule has 1 N–H and O–H groups in total. The Bertz CT molecular complexity index is 1080. The molecule has 1 amide bonds. The number of halogens is 1. The first kappa shape index (κ1) is 19.0. The van der Waals surface area contributed by atoms with E-state index in [1.807, 2.05) is 6.07 Å². The Labute approximate surface area is 175 Å². The molecule has 0 aliphatic carbocycles. The lowest BCUT2D eigenvalue weighted by atomic mass is 9.96. The van der Waals surface area contributed by atoms with E-state index < -0.39 is 17.7 Å². The second kappa shape index (κ2) is 7.97. The molecule has 1 unspecified atom stereocenters. The number of carbonyl (C=O) groups excluding carboxylic acids is 2. The van der Waals surface area contributed by atoms with Crippen molar-refractivity contribution < 1.29 is 14.7 Å². The van der Waals surface area contributed by atoms with Crippen LogP contribution < -0.4 is 0 Å². The number of Topliss-reactive ketones (excluding diaryl/α,β-unsaturated/α-hetero) is 1. The monoisotopic (exact) mass is 449 g/mol. The van der Waals surface area contributed by atoms with Crippen molar-refractivity contribution in [3.63, 3.8) is 0 Å². The summed E-state index contributed by atoms with van der Waals surface area (Å²) in [5.74, 6) is -1.59. The number of carbonyl (C=O) groups is 2. The molecule has 6 nitrogen and oxygen atoms in total. The number of aromatic nitrogens is 2. The van der Waals surface area contributed by atoms with Crippen LogP contribution in [0.3, 0.4) is 0 Å². The SMILES string of the molecule is O=C1C(=O)N(Cc2cccnc2)C(c2cccnc2)/C1=C(/O)c1ccc(Br)cc1. The third-order valence-electron chi connectivity index (χ3n) is 4.73. The van der Waals surface area contributed by atoms with Crippen molar-refractivity contribution in [2.75, 3.05) is 0 Å². The van der Waals surface area contributed by atoms with E-state index >= 15 is 0 Å². The molecular weight excluding hydrogens is 434 g/mol. The molecule has 3 aromatic rings. The number of amides is 1. The number of nitrogens with zero attached hydrogens (tertiary/aromatic N) is 3. The predicted octanol–water partition coefficient (Wildman–Crippen LogP) is 3.86. The number of pyridine rings is 2. The van der Waals surface area contributed by atoms with Crippen LogP contribution in [0.25, 0.3) is 5.76 Å². The minimum Gasteiger partial charge on any atom is -0.507 e. The van der Waals surface area contributed by atoms with Crippen LogP contribution >= 0.6 is 15.9 Å². The molecular formula is C22H16BrN3O3. The Morgan fingerprint density at radius 2 is 1.69 bits per heavy atom. The maximum atomic E-state index is 12.9. The van der Waals surface area contributed by atoms with Gasteiger partial charge >= 0.3 is 0 Å². The second-order valence-corrected chi connectivity index (χ2v) is 7.50. The molecule has 2 aromatic heterocycles. The Hall–Kier alpha value is -3.32. The molecule has 0 bridgehead atoms. The molecule has 3 heterocycles. The quantitative estimate of drug-likeness (QED) is 0.371. The summed E-state index contributed by atoms with van der Waals surface area (Å²) in [6.45, 7) is 0.190. The molecule has 0 radical (unpaired) electrons. The van der Waals surface area contributed by atoms with Crippen LogP contribution in [-0.2, 0) is 16.1 Å². The summed E-state index contributed by atoms with van der Waals surface area (Å²) >= 11 is 3.35. The maximum absolute atomic E-state index is 12.9. The average molecular weight is 450 g/mol. The summed E-state index contributed by atoms with van der Waals surface area (Å²) < 4.78 is 0.842. The van der Waals surface area contributed by atoms with Gasteiger partial charge in [0.1, 0.15) is 5.76 Å². The summed E-state index contributed by atoms with van der Waals surface area (Å²) in [7, 11) is 0. The first-order chi connectivity index (χ1) is 14.1. The third kappa shape index (κ3) is 3.69. The number of rotatable bonds is 4. The fourth-order valence-electron chi connectivity index (χ4n) is 3.38. The van der Waals surface area contributed by atoms with Gasteiger partial charge in [-0.1, -0.05) is 40.2 Å². The smallest absolute Gasteiger partial charge is 0.295 e. The van der Waals surface area contributed by atoms with Gasteiger partial charge in [-0.25, -0.2) is 0 Å². The Morgan fingerprint density at radius 1 is 1.00 bits per heavy atom. The number of aliphatic hydroxyl groups excluding tert-OH is 1. The molecule has 1 fully saturated rings. The van der Waals surface area contributed by atoms with E-state index in [1.165, 1.54) is 4.90 Å². The van der Waals surface area contributed by atoms with E-state index in [-0.39, 0.29) is 17.9 Å². The van der Waals surface area contributed by atoms with Crippen molar-refractivity contribution in [1.82, 2.24) is 14.9 Å². The van der Waals surface area contributed by atoms with Gasteiger partial charge in [-0.15, -0.1) is 0 Å². The van der Waals surface area contributed by atoms with E-state index in [1.54, 1.807) is 67.3 Å². The highest BCUT2D eigenvalue weighted by Gasteiger charge is 2.46. The van der Waals surface area contributed by atoms with E-state index in [9.17, 15) is 14.7 Å². The van der Waals surface area contributed by atoms with E-state index in [2.05, 4.69) is 25.9 Å². The maximum Gasteiger partial charge on any atom is 0.295 e. The topological polar surface area (TPSA) is 83.4 Å². The minimum absolute atomic E-state index is 0.0502. The van der Waals surface area contributed by atoms with Crippen molar-refractivity contribution in [3.05, 3.63) is 100 Å². The van der Waals surface area contributed by atoms with E-state index in [0.29, 0.717) is 11.1 Å². The van der Waals surface area contributed by atoms with Crippen molar-refractivity contribution in [2.24, 2.45) is 0 Å². The Morgan fingerprint density at radius 3 is 2.31 bits per heavy atom. The number of ketones is 1. The molecule has 1 atom stereocenters. The molecule has 1 aliphatic rings. The van der Waals surface area contributed by atoms with Gasteiger partial charge in [0, 0.05) is 41.4 Å². The normalized spacial score (nSPS) is 18.2. The molecule has 144 valence electrons. The van der Waals surface area contributed by atoms with Gasteiger partial charge < -0.3 is 10.0 Å². The molecule has 1 aromatic carbocycles. The highest BCUT2D eigenvalue weighted by Crippen LogP contribution is 2.40. The zero-order valence-corrected chi connectivity index (χ0v) is 16.8. The zero-order chi connectivity index (χ0) is 20.4. The van der Waals surface area contributed by atoms with Crippen molar-refractivity contribution in [1.29, 1.82) is 0 Å². The summed E-state index contributed by atoms with van der Waals surface area (Å²) in [6.07, 6.45) is 6.51. The lowest BCUT2D eigenvalue weighted by Gasteiger charge is -2.25. The van der Waals surface area contributed by atoms with Crippen molar-refractivity contribution >= 4 is 33.4 Å². The number of benzene rings is 1. The van der Waals surface area contributed by atoms with Crippen molar-refractivity contribution in [2.45, 2.75) is 12.6 Å². The first-order valence-corrected chi connectivity index (χ1v) is 9.68. The van der Waals surface area contributed by atoms with Gasteiger partial charge in [0.2, 0.25) is 0 Å². The van der Waals surface area contributed by atoms with Crippen LogP contribution in [-0.4, -0.2) is 31.7 Å². The molecule has 7 heteroatoms. The number of hydrogen-bond acceptors (Lipinski definition) is 5. The second-order valence-electron chi connectivity index (χ2n) is 6.58. The summed E-state index contributed by atoms with van der Waals surface area (Å²) in [5.41, 5.74) is 1.94. The summed E-state index contributed by atoms with van der Waals surface area (Å²) in [6, 6.07) is 13.3. The van der Waals surface area contributed by atoms with Crippen LogP contribution in [0.2, 0.25) is 0 Å². The van der Waals surface area contributed by atoms with Crippen molar-refractivity contribution in [3.8, 4) is 0 Å². The van der Waals surface area contributed by atoms with Crippen LogP contribution in [0.5, 0.6) is 0 Å². The Balaban J connectivity index is 1.85. The standard InChI is InChI=1S/C22H16BrN3O3/c23-17-7-5-15(6-8-17)20(27)18-19(16-4-2-10-25-12-16)26(22(29)21(18)28)13-14-3-1-9-24-11-14/h1-12,19,27H,13H2/b20-18-. The lowest BCUT2D eigenvalue weighted by Crippen LogP contribution is -2.29. The highest BCUT2D eigenvalue weighted by molar-refractivity contribution is 9.10. The minimum atomic E-state index is -0.743. The zero-order valence-electron chi connectivity index (χ0n) is 15.2. The lowest BCUT2D eigenvalue weighted by molar-refractivity contribution is -0.140. The van der Waals surface area contributed by atoms with Gasteiger partial charge in [0.05, 0.1) is 11.6 Å². The highest BCUT2D eigenvalue weighted by atomic mass is 79.9. The van der Waals surface area contributed by atoms with Crippen LogP contribution in [0.1, 0.15) is 22.7 Å². The van der Waals surface area contributed by atoms with Gasteiger partial charge in [-0.2, -0.15) is 0 Å². The predicted molar refractivity (Wildman–Crippen MR) is 110 cm³/mol. The van der Waals surface area contributed by atoms with Gasteiger partial charge in [-0.05, 0) is 35.4 Å². The molecule has 4 rings (SSSR count). The molecule has 0 saturated carbocycles. The summed E-state index contributed by atoms with van der Waals surface area (Å²) in [5, 5.41) is 10.9. The Kier molecular flexibility index (Phi) is 5.22. The average Bonchev–Trinajstić information content (AvgIpc) is 3.00. The van der Waals surface area contributed by atoms with Gasteiger partial charge in [0.25, 0.3) is 11.7 Å².